The highest BCUT2D eigenvalue weighted by Gasteiger charge is 1.84. The van der Waals surface area contributed by atoms with Gasteiger partial charge in [-0.1, -0.05) is 0 Å². The van der Waals surface area contributed by atoms with Gasteiger partial charge in [-0.2, -0.15) is 4.39 Å². The molecule has 1 N–H and O–H groups in total. The van der Waals surface area contributed by atoms with Gasteiger partial charge in [-0.05, 0) is 0 Å². The lowest BCUT2D eigenvalue weighted by molar-refractivity contribution is 0.543. The molecule has 0 saturated carbocycles. The maximum absolute atomic E-state index is 10.8. The molecule has 36 valence electrons. The second-order valence-electron chi connectivity index (χ2n) is 0.508. The molecular formula is CHFNO2S-. The van der Waals surface area contributed by atoms with E-state index in [1.165, 1.54) is 0 Å². The van der Waals surface area contributed by atoms with Gasteiger partial charge in [0, 0.05) is 11.1 Å². The summed E-state index contributed by atoms with van der Waals surface area (Å²) < 4.78 is 29.0. The second kappa shape index (κ2) is 1.99. The Kier molecular flexibility index (Phi) is 1.89. The van der Waals surface area contributed by atoms with Crippen LogP contribution in [0.2, 0.25) is 0 Å². The zero-order chi connectivity index (χ0) is 5.15. The lowest BCUT2D eigenvalue weighted by Crippen LogP contribution is -1.94. The maximum atomic E-state index is 10.8. The summed E-state index contributed by atoms with van der Waals surface area (Å²) in [6, 6.07) is 0. The average molecular weight is 110 g/mol. The van der Waals surface area contributed by atoms with Crippen LogP contribution in [0.15, 0.2) is 0 Å². The summed E-state index contributed by atoms with van der Waals surface area (Å²) in [4.78, 5) is 0. The highest BCUT2D eigenvalue weighted by Crippen LogP contribution is 1.75. The van der Waals surface area contributed by atoms with E-state index in [0.29, 0.717) is 0 Å². The molecule has 6 heavy (non-hydrogen) atoms. The summed E-state index contributed by atoms with van der Waals surface area (Å²) in [5.41, 5.74) is 0. The van der Waals surface area contributed by atoms with Gasteiger partial charge in [-0.25, -0.2) is 0 Å². The molecule has 0 bridgehead atoms. The van der Waals surface area contributed by atoms with Gasteiger partial charge in [0.05, 0.1) is 0 Å². The molecule has 0 saturated heterocycles. The zero-order valence-corrected chi connectivity index (χ0v) is 3.42. The fourth-order valence-electron chi connectivity index (χ4n) is 0. The van der Waals surface area contributed by atoms with E-state index in [1.54, 1.807) is 0 Å². The van der Waals surface area contributed by atoms with Crippen LogP contribution in [0.3, 0.4) is 0 Å². The predicted octanol–water partition coefficient (Wildman–Crippen LogP) is -0.230. The third-order valence-corrected chi connectivity index (χ3v) is 0.439. The lowest BCUT2D eigenvalue weighted by atomic mass is 11.6. The molecule has 0 aromatic rings. The predicted molar refractivity (Wildman–Crippen MR) is 17.8 cm³/mol. The summed E-state index contributed by atoms with van der Waals surface area (Å²) in [5, 5.41) is 3.85. The molecule has 0 aliphatic rings. The van der Waals surface area contributed by atoms with E-state index in [1.807, 2.05) is 0 Å². The molecule has 1 unspecified atom stereocenters. The molecule has 0 radical (unpaired) electrons. The van der Waals surface area contributed by atoms with Crippen molar-refractivity contribution in [3.63, 3.8) is 0 Å². The van der Waals surface area contributed by atoms with E-state index in [9.17, 15) is 4.39 Å². The van der Waals surface area contributed by atoms with Crippen molar-refractivity contribution in [1.82, 2.24) is 0 Å². The molecule has 0 aromatic carbocycles. The quantitative estimate of drug-likeness (QED) is 0.266. The Hall–Kier alpha value is -0.290. The fraction of sp³-hybridized carbons (Fsp3) is 0. The SMILES string of the molecule is N=C(F)S(=O)[O-]. The molecule has 3 nitrogen and oxygen atoms in total. The highest BCUT2D eigenvalue weighted by molar-refractivity contribution is 7.94. The summed E-state index contributed by atoms with van der Waals surface area (Å²) in [6.07, 6.45) is 0. The van der Waals surface area contributed by atoms with Gasteiger partial charge >= 0.3 is 0 Å². The third-order valence-electron chi connectivity index (χ3n) is 0.146. The van der Waals surface area contributed by atoms with E-state index in [-0.39, 0.29) is 0 Å². The van der Waals surface area contributed by atoms with Gasteiger partial charge in [0.15, 0.2) is 0 Å². The molecule has 0 heterocycles. The van der Waals surface area contributed by atoms with Crippen molar-refractivity contribution in [3.05, 3.63) is 0 Å². The molecule has 5 heteroatoms. The van der Waals surface area contributed by atoms with Crippen molar-refractivity contribution in [1.29, 1.82) is 5.41 Å². The summed E-state index contributed by atoms with van der Waals surface area (Å²) in [7, 11) is 0. The number of hydrogen-bond donors (Lipinski definition) is 1. The highest BCUT2D eigenvalue weighted by atomic mass is 32.2. The van der Waals surface area contributed by atoms with Gasteiger partial charge in [0.1, 0.15) is 0 Å². The topological polar surface area (TPSA) is 64.0 Å². The maximum Gasteiger partial charge on any atom is 0.257 e. The van der Waals surface area contributed by atoms with Gasteiger partial charge in [0.2, 0.25) is 0 Å². The number of nitrogens with one attached hydrogen (secondary N) is 1. The molecule has 0 aliphatic carbocycles. The molecule has 0 fully saturated rings. The van der Waals surface area contributed by atoms with Gasteiger partial charge in [-0.15, -0.1) is 0 Å². The number of rotatable bonds is 0. The summed E-state index contributed by atoms with van der Waals surface area (Å²) >= 11 is -2.95. The van der Waals surface area contributed by atoms with Gasteiger partial charge < -0.3 is 4.55 Å². The molecule has 0 spiro atoms. The van der Waals surface area contributed by atoms with Crippen molar-refractivity contribution in [2.45, 2.75) is 0 Å². The van der Waals surface area contributed by atoms with E-state index in [0.717, 1.165) is 0 Å². The first-order chi connectivity index (χ1) is 2.64. The van der Waals surface area contributed by atoms with Crippen LogP contribution in [-0.2, 0) is 11.1 Å². The van der Waals surface area contributed by atoms with Crippen LogP contribution in [0.25, 0.3) is 0 Å². The van der Waals surface area contributed by atoms with E-state index < -0.39 is 16.4 Å². The van der Waals surface area contributed by atoms with Crippen molar-refractivity contribution in [2.24, 2.45) is 0 Å². The molecule has 1 atom stereocenters. The number of hydrogen-bond acceptors (Lipinski definition) is 3. The fourth-order valence-corrected chi connectivity index (χ4v) is 0. The van der Waals surface area contributed by atoms with Crippen LogP contribution in [0.4, 0.5) is 4.39 Å². The van der Waals surface area contributed by atoms with E-state index in [2.05, 4.69) is 0 Å². The average Bonchev–Trinajstić information content (AvgIpc) is 1.36. The first-order valence-corrected chi connectivity index (χ1v) is 2.05. The molecule has 0 rings (SSSR count). The molecule has 0 amide bonds. The normalized spacial score (nSPS) is 13.7. The van der Waals surface area contributed by atoms with Crippen molar-refractivity contribution in [2.75, 3.05) is 0 Å². The van der Waals surface area contributed by atoms with E-state index in [4.69, 9.17) is 14.2 Å². The standard InChI is InChI=1S/CH2FNO2S/c2-1(3)6(4)5/h3H,(H,4,5)/p-1. The van der Waals surface area contributed by atoms with Gasteiger partial charge in [-0.3, -0.25) is 9.62 Å². The van der Waals surface area contributed by atoms with Crippen LogP contribution in [-0.4, -0.2) is 14.1 Å². The van der Waals surface area contributed by atoms with Crippen LogP contribution < -0.4 is 0 Å². The Bertz CT molecular complexity index is 79.5. The zero-order valence-electron chi connectivity index (χ0n) is 2.60. The van der Waals surface area contributed by atoms with Crippen LogP contribution in [0, 0.1) is 5.41 Å². The van der Waals surface area contributed by atoms with Crippen molar-refractivity contribution >= 4 is 16.4 Å². The Morgan fingerprint density at radius 1 is 2.00 bits per heavy atom. The largest absolute Gasteiger partial charge is 0.766 e. The Labute approximate surface area is 36.0 Å². The smallest absolute Gasteiger partial charge is 0.257 e. The summed E-state index contributed by atoms with van der Waals surface area (Å²) in [5.74, 6) is 0. The van der Waals surface area contributed by atoms with Gasteiger partial charge in [0.25, 0.3) is 5.30 Å². The van der Waals surface area contributed by atoms with Crippen LogP contribution >= 0.6 is 0 Å². The monoisotopic (exact) mass is 110 g/mol. The minimum Gasteiger partial charge on any atom is -0.766 e. The van der Waals surface area contributed by atoms with Crippen LogP contribution in [0.5, 0.6) is 0 Å². The minimum atomic E-state index is -2.95. The van der Waals surface area contributed by atoms with Crippen LogP contribution in [0.1, 0.15) is 0 Å². The summed E-state index contributed by atoms with van der Waals surface area (Å²) in [6.45, 7) is 0. The Morgan fingerprint density at radius 2 is 2.17 bits per heavy atom. The Balaban J connectivity index is 3.57. The van der Waals surface area contributed by atoms with Crippen molar-refractivity contribution in [3.8, 4) is 0 Å². The lowest BCUT2D eigenvalue weighted by Gasteiger charge is -1.92. The van der Waals surface area contributed by atoms with E-state index >= 15 is 0 Å². The Morgan fingerprint density at radius 3 is 2.17 bits per heavy atom. The molecule has 0 aromatic heterocycles. The second-order valence-corrected chi connectivity index (χ2v) is 1.34. The first-order valence-electron chi connectivity index (χ1n) is 0.976. The number of halogens is 1. The third kappa shape index (κ3) is 1.98. The van der Waals surface area contributed by atoms with Crippen molar-refractivity contribution < 1.29 is 13.2 Å². The first kappa shape index (κ1) is 5.71. The molecular weight excluding hydrogens is 109 g/mol. The molecule has 0 aliphatic heterocycles. The minimum absolute atomic E-state index is 1.82.